The quantitative estimate of drug-likeness (QED) is 0.547. The number of carbonyl (C=O) groups is 1. The number of ether oxygens (including phenoxy) is 1. The first-order valence-corrected chi connectivity index (χ1v) is 10.8. The van der Waals surface area contributed by atoms with Crippen molar-refractivity contribution >= 4 is 29.8 Å². The van der Waals surface area contributed by atoms with Gasteiger partial charge in [0.1, 0.15) is 5.75 Å². The normalized spacial score (nSPS) is 12.4. The monoisotopic (exact) mass is 459 g/mol. The Labute approximate surface area is 193 Å². The van der Waals surface area contributed by atoms with Gasteiger partial charge in [-0.2, -0.15) is 0 Å². The van der Waals surface area contributed by atoms with Crippen molar-refractivity contribution in [1.29, 1.82) is 0 Å². The molecule has 0 atom stereocenters. The maximum absolute atomic E-state index is 13.1. The predicted molar refractivity (Wildman–Crippen MR) is 129 cm³/mol. The van der Waals surface area contributed by atoms with Gasteiger partial charge in [-0.3, -0.25) is 9.79 Å². The molecule has 0 radical (unpaired) electrons. The Kier molecular flexibility index (Phi) is 9.46. The molecule has 172 valence electrons. The molecular formula is C23H30ClN5O3. The van der Waals surface area contributed by atoms with E-state index in [9.17, 15) is 9.59 Å². The number of aromatic nitrogens is 3. The Morgan fingerprint density at radius 1 is 1.25 bits per heavy atom. The summed E-state index contributed by atoms with van der Waals surface area (Å²) >= 11 is 5.76. The fourth-order valence-electron chi connectivity index (χ4n) is 2.68. The SMILES string of the molecule is C\C(Cl)=C/N=C/C=C/c1nn(CCNC(=O)C(C)C)c(=O)n1-c1ccc(OC(C)C)cc1. The van der Waals surface area contributed by atoms with E-state index in [1.165, 1.54) is 15.4 Å². The van der Waals surface area contributed by atoms with Gasteiger partial charge in [-0.05, 0) is 57.2 Å². The highest BCUT2D eigenvalue weighted by molar-refractivity contribution is 6.29. The fraction of sp³-hybridized carbons (Fsp3) is 0.391. The van der Waals surface area contributed by atoms with Crippen LogP contribution in [0.2, 0.25) is 0 Å². The first-order valence-electron chi connectivity index (χ1n) is 10.5. The van der Waals surface area contributed by atoms with Crippen LogP contribution in [0, 0.1) is 5.92 Å². The molecular weight excluding hydrogens is 430 g/mol. The Bertz CT molecular complexity index is 1040. The molecule has 0 bridgehead atoms. The predicted octanol–water partition coefficient (Wildman–Crippen LogP) is 3.78. The van der Waals surface area contributed by atoms with Crippen LogP contribution in [0.3, 0.4) is 0 Å². The zero-order chi connectivity index (χ0) is 23.7. The number of hydrogen-bond acceptors (Lipinski definition) is 5. The lowest BCUT2D eigenvalue weighted by Crippen LogP contribution is -2.33. The summed E-state index contributed by atoms with van der Waals surface area (Å²) in [6.45, 7) is 9.81. The topological polar surface area (TPSA) is 90.5 Å². The number of halogens is 1. The third kappa shape index (κ3) is 7.53. The standard InChI is InChI=1S/C23H30ClN5O3/c1-16(2)22(30)26-13-14-28-23(31)29(19-8-10-20(11-9-19)32-17(3)4)21(27-28)7-6-12-25-15-18(5)24/h6-12,15-17H,13-14H2,1-5H3,(H,26,30)/b7-6+,18-15+,25-12+. The molecule has 0 aliphatic carbocycles. The molecule has 9 heteroatoms. The Balaban J connectivity index is 2.34. The minimum Gasteiger partial charge on any atom is -0.491 e. The summed E-state index contributed by atoms with van der Waals surface area (Å²) < 4.78 is 8.51. The second-order valence-corrected chi connectivity index (χ2v) is 8.27. The van der Waals surface area contributed by atoms with Crippen molar-refractivity contribution in [3.05, 3.63) is 57.9 Å². The lowest BCUT2D eigenvalue weighted by Gasteiger charge is -2.10. The lowest BCUT2D eigenvalue weighted by molar-refractivity contribution is -0.124. The average molecular weight is 460 g/mol. The van der Waals surface area contributed by atoms with E-state index in [0.717, 1.165) is 0 Å². The van der Waals surface area contributed by atoms with E-state index in [4.69, 9.17) is 16.3 Å². The minimum absolute atomic E-state index is 0.0517. The van der Waals surface area contributed by atoms with Crippen molar-refractivity contribution < 1.29 is 9.53 Å². The minimum atomic E-state index is -0.311. The molecule has 32 heavy (non-hydrogen) atoms. The third-order valence-electron chi connectivity index (χ3n) is 4.15. The van der Waals surface area contributed by atoms with Gasteiger partial charge in [0.25, 0.3) is 0 Å². The molecule has 0 aliphatic heterocycles. The van der Waals surface area contributed by atoms with Gasteiger partial charge in [0, 0.05) is 29.9 Å². The number of nitrogens with zero attached hydrogens (tertiary/aromatic N) is 4. The van der Waals surface area contributed by atoms with Gasteiger partial charge < -0.3 is 10.1 Å². The zero-order valence-corrected chi connectivity index (χ0v) is 19.8. The first-order chi connectivity index (χ1) is 15.2. The van der Waals surface area contributed by atoms with E-state index < -0.39 is 0 Å². The molecule has 0 saturated carbocycles. The van der Waals surface area contributed by atoms with Crippen LogP contribution in [-0.4, -0.2) is 39.1 Å². The zero-order valence-electron chi connectivity index (χ0n) is 19.1. The summed E-state index contributed by atoms with van der Waals surface area (Å²) in [6, 6.07) is 7.23. The average Bonchev–Trinajstić information content (AvgIpc) is 3.03. The highest BCUT2D eigenvalue weighted by Crippen LogP contribution is 2.17. The largest absolute Gasteiger partial charge is 0.491 e. The van der Waals surface area contributed by atoms with E-state index >= 15 is 0 Å². The highest BCUT2D eigenvalue weighted by atomic mass is 35.5. The van der Waals surface area contributed by atoms with E-state index in [1.807, 2.05) is 39.8 Å². The molecule has 2 aromatic rings. The molecule has 1 heterocycles. The Morgan fingerprint density at radius 2 is 1.94 bits per heavy atom. The highest BCUT2D eigenvalue weighted by Gasteiger charge is 2.14. The number of hydrogen-bond donors (Lipinski definition) is 1. The maximum atomic E-state index is 13.1. The van der Waals surface area contributed by atoms with Gasteiger partial charge in [0.05, 0.1) is 18.3 Å². The molecule has 2 rings (SSSR count). The number of carbonyl (C=O) groups excluding carboxylic acids is 1. The van der Waals surface area contributed by atoms with Crippen molar-refractivity contribution in [3.8, 4) is 11.4 Å². The second-order valence-electron chi connectivity index (χ2n) is 7.68. The molecule has 0 fully saturated rings. The number of amides is 1. The molecule has 0 unspecified atom stereocenters. The maximum Gasteiger partial charge on any atom is 0.350 e. The van der Waals surface area contributed by atoms with Gasteiger partial charge in [-0.25, -0.2) is 14.0 Å². The van der Waals surface area contributed by atoms with Crippen molar-refractivity contribution in [1.82, 2.24) is 19.7 Å². The van der Waals surface area contributed by atoms with Crippen LogP contribution in [-0.2, 0) is 11.3 Å². The summed E-state index contributed by atoms with van der Waals surface area (Å²) in [4.78, 5) is 28.9. The third-order valence-corrected chi connectivity index (χ3v) is 4.25. The van der Waals surface area contributed by atoms with Crippen LogP contribution in [0.1, 0.15) is 40.4 Å². The van der Waals surface area contributed by atoms with Crippen LogP contribution in [0.15, 0.2) is 51.4 Å². The molecule has 0 saturated heterocycles. The molecule has 1 amide bonds. The molecule has 1 aromatic carbocycles. The molecule has 1 aromatic heterocycles. The summed E-state index contributed by atoms with van der Waals surface area (Å²) in [7, 11) is 0. The van der Waals surface area contributed by atoms with E-state index in [2.05, 4.69) is 15.4 Å². The van der Waals surface area contributed by atoms with Gasteiger partial charge >= 0.3 is 5.69 Å². The Hall–Kier alpha value is -3.13. The van der Waals surface area contributed by atoms with Crippen LogP contribution in [0.5, 0.6) is 5.75 Å². The smallest absolute Gasteiger partial charge is 0.350 e. The summed E-state index contributed by atoms with van der Waals surface area (Å²) in [5.41, 5.74) is 0.339. The fourth-order valence-corrected chi connectivity index (χ4v) is 2.74. The van der Waals surface area contributed by atoms with Crippen LogP contribution in [0.4, 0.5) is 0 Å². The summed E-state index contributed by atoms with van der Waals surface area (Å²) in [5, 5.41) is 7.78. The number of nitrogens with one attached hydrogen (secondary N) is 1. The van der Waals surface area contributed by atoms with Gasteiger partial charge in [0.2, 0.25) is 5.91 Å². The van der Waals surface area contributed by atoms with Crippen molar-refractivity contribution in [2.75, 3.05) is 6.54 Å². The van der Waals surface area contributed by atoms with Crippen LogP contribution in [0.25, 0.3) is 11.8 Å². The molecule has 0 spiro atoms. The molecule has 0 aliphatic rings. The van der Waals surface area contributed by atoms with E-state index in [1.54, 1.807) is 37.4 Å². The Morgan fingerprint density at radius 3 is 2.53 bits per heavy atom. The van der Waals surface area contributed by atoms with Gasteiger partial charge in [-0.15, -0.1) is 5.10 Å². The first kappa shape index (κ1) is 25.1. The van der Waals surface area contributed by atoms with Crippen LogP contribution >= 0.6 is 11.6 Å². The lowest BCUT2D eigenvalue weighted by atomic mass is 10.2. The van der Waals surface area contributed by atoms with Gasteiger partial charge in [0.15, 0.2) is 5.82 Å². The van der Waals surface area contributed by atoms with E-state index in [0.29, 0.717) is 28.8 Å². The van der Waals surface area contributed by atoms with E-state index in [-0.39, 0.29) is 30.2 Å². The molecule has 8 nitrogen and oxygen atoms in total. The number of allylic oxidation sites excluding steroid dienone is 2. The summed E-state index contributed by atoms with van der Waals surface area (Å²) in [5.74, 6) is 0.949. The van der Waals surface area contributed by atoms with Crippen LogP contribution < -0.4 is 15.7 Å². The van der Waals surface area contributed by atoms with Crippen molar-refractivity contribution in [2.45, 2.75) is 47.3 Å². The van der Waals surface area contributed by atoms with Gasteiger partial charge in [-0.1, -0.05) is 25.4 Å². The van der Waals surface area contributed by atoms with Crippen molar-refractivity contribution in [2.24, 2.45) is 10.9 Å². The number of rotatable bonds is 10. The van der Waals surface area contributed by atoms with Crippen molar-refractivity contribution in [3.63, 3.8) is 0 Å². The molecule has 1 N–H and O–H groups in total. The number of aliphatic imine (C=N–C) groups is 1. The number of benzene rings is 1. The summed E-state index contributed by atoms with van der Waals surface area (Å²) in [6.07, 6.45) is 6.49. The second kappa shape index (κ2) is 12.0.